The molecular formula is C25H36N2O5S. The van der Waals surface area contributed by atoms with Crippen LogP contribution in [0.25, 0.3) is 0 Å². The molecule has 1 unspecified atom stereocenters. The number of carbonyl (C=O) groups excluding carboxylic acids is 3. The number of cyclic esters (lactones) is 1. The Bertz CT molecular complexity index is 845. The zero-order valence-electron chi connectivity index (χ0n) is 19.7. The Kier molecular flexibility index (Phi) is 7.24. The number of esters is 1. The number of likely N-dealkylation sites (tertiary alicyclic amines) is 1. The topological polar surface area (TPSA) is 87.2 Å². The van der Waals surface area contributed by atoms with Gasteiger partial charge in [0.25, 0.3) is 0 Å². The van der Waals surface area contributed by atoms with Crippen molar-refractivity contribution in [1.29, 1.82) is 0 Å². The predicted molar refractivity (Wildman–Crippen MR) is 127 cm³/mol. The summed E-state index contributed by atoms with van der Waals surface area (Å²) >= 11 is 1.58. The van der Waals surface area contributed by atoms with Gasteiger partial charge in [0.1, 0.15) is 6.04 Å². The maximum absolute atomic E-state index is 13.9. The Labute approximate surface area is 200 Å². The molecule has 0 aromatic carbocycles. The molecular weight excluding hydrogens is 440 g/mol. The minimum atomic E-state index is -0.828. The van der Waals surface area contributed by atoms with Crippen LogP contribution in [0.1, 0.15) is 52.4 Å². The second-order valence-electron chi connectivity index (χ2n) is 9.71. The summed E-state index contributed by atoms with van der Waals surface area (Å²) < 4.78 is 4.15. The molecule has 182 valence electrons. The van der Waals surface area contributed by atoms with Crippen LogP contribution in [0.3, 0.4) is 0 Å². The lowest BCUT2D eigenvalue weighted by Crippen LogP contribution is -2.53. The lowest BCUT2D eigenvalue weighted by Gasteiger charge is -2.36. The van der Waals surface area contributed by atoms with Gasteiger partial charge in [-0.2, -0.15) is 0 Å². The van der Waals surface area contributed by atoms with Crippen molar-refractivity contribution in [3.8, 4) is 0 Å². The van der Waals surface area contributed by atoms with Crippen LogP contribution in [0.2, 0.25) is 0 Å². The van der Waals surface area contributed by atoms with Crippen molar-refractivity contribution in [3.05, 3.63) is 24.3 Å². The molecule has 4 rings (SSSR count). The molecule has 4 heterocycles. The molecule has 33 heavy (non-hydrogen) atoms. The summed E-state index contributed by atoms with van der Waals surface area (Å²) in [4.78, 5) is 44.6. The Hall–Kier alpha value is -1.80. The van der Waals surface area contributed by atoms with Gasteiger partial charge in [-0.25, -0.2) is 0 Å². The van der Waals surface area contributed by atoms with E-state index in [2.05, 4.69) is 19.1 Å². The molecule has 2 fully saturated rings. The van der Waals surface area contributed by atoms with Gasteiger partial charge in [-0.3, -0.25) is 14.4 Å². The highest BCUT2D eigenvalue weighted by molar-refractivity contribution is 8.02. The van der Waals surface area contributed by atoms with Gasteiger partial charge in [0.15, 0.2) is 0 Å². The highest BCUT2D eigenvalue weighted by atomic mass is 32.2. The Morgan fingerprint density at radius 2 is 1.91 bits per heavy atom. The quantitative estimate of drug-likeness (QED) is 0.345. The molecule has 5 atom stereocenters. The van der Waals surface area contributed by atoms with E-state index in [0.29, 0.717) is 32.7 Å². The molecule has 8 heteroatoms. The van der Waals surface area contributed by atoms with E-state index in [0.717, 1.165) is 32.1 Å². The van der Waals surface area contributed by atoms with E-state index in [1.807, 2.05) is 24.0 Å². The summed E-state index contributed by atoms with van der Waals surface area (Å²) in [5.74, 6) is -1.89. The van der Waals surface area contributed by atoms with Gasteiger partial charge >= 0.3 is 5.97 Å². The van der Waals surface area contributed by atoms with Gasteiger partial charge in [0.2, 0.25) is 11.8 Å². The zero-order valence-corrected chi connectivity index (χ0v) is 20.5. The van der Waals surface area contributed by atoms with Gasteiger partial charge in [0.05, 0.1) is 23.2 Å². The number of thioether (sulfide) groups is 1. The fraction of sp³-hybridized carbons (Fsp3) is 0.720. The molecule has 0 aromatic heterocycles. The van der Waals surface area contributed by atoms with Crippen LogP contribution < -0.4 is 0 Å². The van der Waals surface area contributed by atoms with E-state index >= 15 is 0 Å². The van der Waals surface area contributed by atoms with E-state index in [4.69, 9.17) is 4.74 Å². The normalized spacial score (nSPS) is 36.9. The maximum atomic E-state index is 13.9. The molecule has 4 aliphatic heterocycles. The average Bonchev–Trinajstić information content (AvgIpc) is 3.13. The van der Waals surface area contributed by atoms with Crippen molar-refractivity contribution in [2.45, 2.75) is 67.9 Å². The SMILES string of the molecule is CCCCCN1CC=C[C@]23S[C@]4(C)/C=C\CCCOC(=O)[C@@H]4[C@H]2C(=O)N(CCCO)C3C1=O. The van der Waals surface area contributed by atoms with Crippen molar-refractivity contribution < 1.29 is 24.2 Å². The van der Waals surface area contributed by atoms with E-state index in [-0.39, 0.29) is 24.4 Å². The molecule has 0 aliphatic carbocycles. The summed E-state index contributed by atoms with van der Waals surface area (Å²) in [6, 6.07) is -0.680. The van der Waals surface area contributed by atoms with E-state index in [1.165, 1.54) is 0 Å². The number of fused-ring (bicyclic) bond motifs is 2. The van der Waals surface area contributed by atoms with Crippen molar-refractivity contribution in [3.63, 3.8) is 0 Å². The summed E-state index contributed by atoms with van der Waals surface area (Å²) in [5.41, 5.74) is 0. The zero-order chi connectivity index (χ0) is 23.6. The van der Waals surface area contributed by atoms with Gasteiger partial charge in [-0.1, -0.05) is 44.1 Å². The first-order valence-corrected chi connectivity index (χ1v) is 13.1. The average molecular weight is 477 g/mol. The summed E-state index contributed by atoms with van der Waals surface area (Å²) in [6.45, 7) is 5.89. The minimum Gasteiger partial charge on any atom is -0.465 e. The van der Waals surface area contributed by atoms with Crippen LogP contribution in [-0.2, 0) is 19.1 Å². The number of nitrogens with zero attached hydrogens (tertiary/aromatic N) is 2. The number of unbranched alkanes of at least 4 members (excludes halogenated alkanes) is 2. The Morgan fingerprint density at radius 3 is 2.67 bits per heavy atom. The number of rotatable bonds is 7. The van der Waals surface area contributed by atoms with Gasteiger partial charge < -0.3 is 19.6 Å². The number of aliphatic hydroxyl groups is 1. The number of carbonyl (C=O) groups is 3. The number of allylic oxidation sites excluding steroid dienone is 1. The second-order valence-corrected chi connectivity index (χ2v) is 11.5. The molecule has 0 aromatic rings. The lowest BCUT2D eigenvalue weighted by molar-refractivity contribution is -0.154. The third-order valence-corrected chi connectivity index (χ3v) is 9.22. The number of amides is 2. The Balaban J connectivity index is 1.78. The van der Waals surface area contributed by atoms with Crippen LogP contribution in [0.4, 0.5) is 0 Å². The molecule has 1 spiro atoms. The minimum absolute atomic E-state index is 0.0511. The van der Waals surface area contributed by atoms with E-state index in [9.17, 15) is 19.5 Å². The molecule has 0 radical (unpaired) electrons. The van der Waals surface area contributed by atoms with Crippen molar-refractivity contribution in [1.82, 2.24) is 9.80 Å². The number of aliphatic hydroxyl groups excluding tert-OH is 1. The molecule has 1 N–H and O–H groups in total. The van der Waals surface area contributed by atoms with Gasteiger partial charge in [-0.05, 0) is 32.6 Å². The fourth-order valence-corrected chi connectivity index (χ4v) is 8.07. The van der Waals surface area contributed by atoms with Crippen LogP contribution in [0, 0.1) is 11.8 Å². The molecule has 0 saturated carbocycles. The number of ether oxygens (including phenoxy) is 1. The first kappa shape index (κ1) is 24.3. The van der Waals surface area contributed by atoms with Crippen molar-refractivity contribution in [2.75, 3.05) is 32.8 Å². The molecule has 2 saturated heterocycles. The highest BCUT2D eigenvalue weighted by Crippen LogP contribution is 2.65. The first-order chi connectivity index (χ1) is 15.9. The van der Waals surface area contributed by atoms with Crippen LogP contribution in [0.5, 0.6) is 0 Å². The van der Waals surface area contributed by atoms with Crippen molar-refractivity contribution >= 4 is 29.5 Å². The standard InChI is InChI=1S/C25H36N2O5S/c1-3-4-7-13-26-14-9-12-25-18(21(29)27(15-10-16-28)20(25)22(26)30)19-23(31)32-17-8-5-6-11-24(19,2)33-25/h6,9,11-12,18-20,28H,3-5,7-8,10,13-17H2,1-2H3/b11-6-/t18-,19-,20?,24+,25-/m0/s1. The first-order valence-electron chi connectivity index (χ1n) is 12.3. The number of hydrogen-bond donors (Lipinski definition) is 1. The van der Waals surface area contributed by atoms with Gasteiger partial charge in [-0.15, -0.1) is 11.8 Å². The highest BCUT2D eigenvalue weighted by Gasteiger charge is 2.73. The summed E-state index contributed by atoms with van der Waals surface area (Å²) in [7, 11) is 0. The largest absolute Gasteiger partial charge is 0.465 e. The third-order valence-electron chi connectivity index (χ3n) is 7.42. The van der Waals surface area contributed by atoms with E-state index < -0.39 is 27.4 Å². The molecule has 2 amide bonds. The summed E-state index contributed by atoms with van der Waals surface area (Å²) in [5, 5.41) is 9.46. The van der Waals surface area contributed by atoms with E-state index in [1.54, 1.807) is 16.7 Å². The third kappa shape index (κ3) is 4.14. The smallest absolute Gasteiger partial charge is 0.311 e. The molecule has 0 bridgehead atoms. The predicted octanol–water partition coefficient (Wildman–Crippen LogP) is 2.54. The van der Waals surface area contributed by atoms with Gasteiger partial charge in [0, 0.05) is 31.0 Å². The fourth-order valence-electron chi connectivity index (χ4n) is 5.92. The molecule has 4 aliphatic rings. The summed E-state index contributed by atoms with van der Waals surface area (Å²) in [6.07, 6.45) is 13.2. The van der Waals surface area contributed by atoms with Crippen LogP contribution in [-0.4, -0.2) is 81.1 Å². The lowest BCUT2D eigenvalue weighted by atomic mass is 9.74. The number of hydrogen-bond acceptors (Lipinski definition) is 6. The van der Waals surface area contributed by atoms with Crippen LogP contribution >= 0.6 is 11.8 Å². The van der Waals surface area contributed by atoms with Crippen LogP contribution in [0.15, 0.2) is 24.3 Å². The monoisotopic (exact) mass is 476 g/mol. The molecule has 7 nitrogen and oxygen atoms in total. The van der Waals surface area contributed by atoms with Crippen molar-refractivity contribution in [2.24, 2.45) is 11.8 Å². The maximum Gasteiger partial charge on any atom is 0.311 e. The second kappa shape index (κ2) is 9.82. The Morgan fingerprint density at radius 1 is 1.09 bits per heavy atom.